The lowest BCUT2D eigenvalue weighted by Crippen LogP contribution is -2.00. The maximum Gasteiger partial charge on any atom is 0.0777 e. The van der Waals surface area contributed by atoms with Gasteiger partial charge in [-0.25, -0.2) is 0 Å². The Morgan fingerprint density at radius 1 is 1.25 bits per heavy atom. The topological polar surface area (TPSA) is 25.8 Å². The molecule has 0 amide bonds. The fourth-order valence-electron chi connectivity index (χ4n) is 1.12. The first kappa shape index (κ1) is 9.65. The number of hydrogen-bond acceptors (Lipinski definition) is 3. The highest BCUT2D eigenvalue weighted by Gasteiger charge is 2.08. The minimum absolute atomic E-state index is 0.735. The molecule has 0 spiro atoms. The zero-order chi connectivity index (χ0) is 8.97. The first-order chi connectivity index (χ1) is 5.77. The number of hydrogen-bond donors (Lipinski definition) is 0. The second-order valence-electron chi connectivity index (χ2n) is 3.23. The third kappa shape index (κ3) is 2.27. The smallest absolute Gasteiger partial charge is 0.0777 e. The van der Waals surface area contributed by atoms with Crippen LogP contribution in [0.4, 0.5) is 0 Å². The second kappa shape index (κ2) is 4.55. The Morgan fingerprint density at radius 3 is 2.50 bits per heavy atom. The molecule has 0 N–H and O–H groups in total. The molecule has 1 atom stereocenters. The highest BCUT2D eigenvalue weighted by Crippen LogP contribution is 2.14. The maximum absolute atomic E-state index is 4.31. The molecular weight excluding hydrogens is 168 g/mol. The Hall–Kier alpha value is -0.440. The number of aromatic nitrogens is 2. The largest absolute Gasteiger partial charge is 0.178 e. The minimum Gasteiger partial charge on any atom is -0.178 e. The van der Waals surface area contributed by atoms with Gasteiger partial charge in [0.15, 0.2) is 0 Å². The predicted molar refractivity (Wildman–Crippen MR) is 52.4 cm³/mol. The van der Waals surface area contributed by atoms with Gasteiger partial charge < -0.3 is 0 Å². The van der Waals surface area contributed by atoms with Crippen molar-refractivity contribution in [2.75, 3.05) is 0 Å². The lowest BCUT2D eigenvalue weighted by Gasteiger charge is -2.05. The van der Waals surface area contributed by atoms with Crippen LogP contribution in [0.1, 0.15) is 38.6 Å². The average molecular weight is 184 g/mol. The molecule has 2 nitrogen and oxygen atoms in total. The van der Waals surface area contributed by atoms with E-state index in [2.05, 4.69) is 29.5 Å². The fraction of sp³-hybridized carbons (Fsp3) is 0.778. The molecule has 0 fully saturated rings. The van der Waals surface area contributed by atoms with Crippen molar-refractivity contribution < 1.29 is 0 Å². The van der Waals surface area contributed by atoms with Crippen molar-refractivity contribution in [2.24, 2.45) is 5.92 Å². The number of aryl methyl sites for hydroxylation is 1. The molecular formula is C9H16N2S. The molecule has 12 heavy (non-hydrogen) atoms. The van der Waals surface area contributed by atoms with E-state index in [1.54, 1.807) is 0 Å². The van der Waals surface area contributed by atoms with Gasteiger partial charge in [-0.3, -0.25) is 0 Å². The first-order valence-electron chi connectivity index (χ1n) is 4.58. The van der Waals surface area contributed by atoms with Gasteiger partial charge in [0.1, 0.15) is 0 Å². The highest BCUT2D eigenvalue weighted by molar-refractivity contribution is 6.99. The van der Waals surface area contributed by atoms with Crippen molar-refractivity contribution in [1.82, 2.24) is 8.75 Å². The Bertz CT molecular complexity index is 232. The molecule has 0 aromatic carbocycles. The van der Waals surface area contributed by atoms with E-state index >= 15 is 0 Å². The monoisotopic (exact) mass is 184 g/mol. The minimum atomic E-state index is 0.735. The quantitative estimate of drug-likeness (QED) is 0.719. The van der Waals surface area contributed by atoms with Crippen LogP contribution in [-0.2, 0) is 12.8 Å². The third-order valence-corrected chi connectivity index (χ3v) is 2.81. The van der Waals surface area contributed by atoms with E-state index in [1.165, 1.54) is 29.5 Å². The van der Waals surface area contributed by atoms with Crippen molar-refractivity contribution in [2.45, 2.75) is 40.0 Å². The van der Waals surface area contributed by atoms with E-state index in [0.29, 0.717) is 0 Å². The molecule has 1 heterocycles. The standard InChI is InChI=1S/C9H16N2S/c1-4-7(3)6-9-8(5-2)10-12-11-9/h7H,4-6H2,1-3H3. The van der Waals surface area contributed by atoms with Gasteiger partial charge >= 0.3 is 0 Å². The van der Waals surface area contributed by atoms with Crippen molar-refractivity contribution in [3.05, 3.63) is 11.4 Å². The molecule has 1 unspecified atom stereocenters. The van der Waals surface area contributed by atoms with Crippen LogP contribution in [0.25, 0.3) is 0 Å². The summed E-state index contributed by atoms with van der Waals surface area (Å²) in [6.07, 6.45) is 3.33. The molecule has 1 rings (SSSR count). The summed E-state index contributed by atoms with van der Waals surface area (Å²) in [5, 5.41) is 0. The van der Waals surface area contributed by atoms with Crippen molar-refractivity contribution in [1.29, 1.82) is 0 Å². The van der Waals surface area contributed by atoms with E-state index < -0.39 is 0 Å². The van der Waals surface area contributed by atoms with E-state index in [-0.39, 0.29) is 0 Å². The van der Waals surface area contributed by atoms with Crippen molar-refractivity contribution in [3.63, 3.8) is 0 Å². The summed E-state index contributed by atoms with van der Waals surface area (Å²) in [5.41, 5.74) is 2.41. The number of nitrogens with zero attached hydrogens (tertiary/aromatic N) is 2. The molecule has 0 aliphatic carbocycles. The third-order valence-electron chi connectivity index (χ3n) is 2.21. The maximum atomic E-state index is 4.31. The Kier molecular flexibility index (Phi) is 3.66. The van der Waals surface area contributed by atoms with E-state index in [0.717, 1.165) is 18.8 Å². The molecule has 1 aromatic rings. The van der Waals surface area contributed by atoms with Crippen LogP contribution >= 0.6 is 11.7 Å². The van der Waals surface area contributed by atoms with Crippen LogP contribution in [0.5, 0.6) is 0 Å². The molecule has 0 saturated heterocycles. The summed E-state index contributed by atoms with van der Waals surface area (Å²) in [6, 6.07) is 0. The Morgan fingerprint density at radius 2 is 1.92 bits per heavy atom. The Labute approximate surface area is 78.3 Å². The Balaban J connectivity index is 2.61. The molecule has 0 aliphatic rings. The number of rotatable bonds is 4. The van der Waals surface area contributed by atoms with Gasteiger partial charge in [0.2, 0.25) is 0 Å². The van der Waals surface area contributed by atoms with E-state index in [1.807, 2.05) is 0 Å². The van der Waals surface area contributed by atoms with Crippen molar-refractivity contribution in [3.8, 4) is 0 Å². The summed E-state index contributed by atoms with van der Waals surface area (Å²) in [4.78, 5) is 0. The lowest BCUT2D eigenvalue weighted by molar-refractivity contribution is 0.552. The lowest BCUT2D eigenvalue weighted by atomic mass is 10.0. The molecule has 0 aliphatic heterocycles. The van der Waals surface area contributed by atoms with Gasteiger partial charge in [-0.05, 0) is 18.8 Å². The summed E-state index contributed by atoms with van der Waals surface area (Å²) in [5.74, 6) is 0.735. The summed E-state index contributed by atoms with van der Waals surface area (Å²) in [7, 11) is 0. The zero-order valence-corrected chi connectivity index (χ0v) is 8.82. The van der Waals surface area contributed by atoms with Gasteiger partial charge in [-0.2, -0.15) is 8.75 Å². The molecule has 0 radical (unpaired) electrons. The average Bonchev–Trinajstić information content (AvgIpc) is 2.51. The van der Waals surface area contributed by atoms with Crippen LogP contribution in [-0.4, -0.2) is 8.75 Å². The normalized spacial score (nSPS) is 13.2. The van der Waals surface area contributed by atoms with E-state index in [9.17, 15) is 0 Å². The van der Waals surface area contributed by atoms with Gasteiger partial charge in [0.05, 0.1) is 23.1 Å². The summed E-state index contributed by atoms with van der Waals surface area (Å²) in [6.45, 7) is 6.62. The molecule has 3 heteroatoms. The summed E-state index contributed by atoms with van der Waals surface area (Å²) < 4.78 is 8.56. The highest BCUT2D eigenvalue weighted by atomic mass is 32.1. The second-order valence-corrected chi connectivity index (χ2v) is 3.76. The molecule has 0 bridgehead atoms. The van der Waals surface area contributed by atoms with Crippen LogP contribution in [0.3, 0.4) is 0 Å². The van der Waals surface area contributed by atoms with Gasteiger partial charge in [-0.15, -0.1) is 0 Å². The van der Waals surface area contributed by atoms with Gasteiger partial charge in [0.25, 0.3) is 0 Å². The fourth-order valence-corrected chi connectivity index (χ4v) is 1.77. The van der Waals surface area contributed by atoms with Crippen molar-refractivity contribution >= 4 is 11.7 Å². The van der Waals surface area contributed by atoms with Crippen LogP contribution in [0, 0.1) is 5.92 Å². The molecule has 0 saturated carbocycles. The van der Waals surface area contributed by atoms with Gasteiger partial charge in [0, 0.05) is 0 Å². The van der Waals surface area contributed by atoms with Gasteiger partial charge in [-0.1, -0.05) is 27.2 Å². The summed E-state index contributed by atoms with van der Waals surface area (Å²) >= 11 is 1.34. The zero-order valence-electron chi connectivity index (χ0n) is 8.00. The predicted octanol–water partition coefficient (Wildman–Crippen LogP) is 2.69. The van der Waals surface area contributed by atoms with Crippen LogP contribution < -0.4 is 0 Å². The first-order valence-corrected chi connectivity index (χ1v) is 5.31. The van der Waals surface area contributed by atoms with Crippen LogP contribution in [0.15, 0.2) is 0 Å². The molecule has 68 valence electrons. The van der Waals surface area contributed by atoms with E-state index in [4.69, 9.17) is 0 Å². The van der Waals surface area contributed by atoms with Crippen LogP contribution in [0.2, 0.25) is 0 Å². The molecule has 1 aromatic heterocycles. The SMILES string of the molecule is CCc1nsnc1CC(C)CC.